The number of benzene rings is 1. The Bertz CT molecular complexity index is 1050. The predicted octanol–water partition coefficient (Wildman–Crippen LogP) is 2.07. The number of aryl methyl sites for hydroxylation is 3. The van der Waals surface area contributed by atoms with Crippen molar-refractivity contribution in [1.29, 1.82) is 0 Å². The molecular formula is C20H21N3O4S. The number of hydrogen-bond donors (Lipinski definition) is 0. The van der Waals surface area contributed by atoms with Gasteiger partial charge in [0, 0.05) is 19.3 Å². The number of imide groups is 1. The largest absolute Gasteiger partial charge is 0.280 e. The van der Waals surface area contributed by atoms with Gasteiger partial charge in [0.05, 0.1) is 16.5 Å². The molecule has 0 N–H and O–H groups in total. The summed E-state index contributed by atoms with van der Waals surface area (Å²) in [5, 5.41) is 0. The Morgan fingerprint density at radius 1 is 1.07 bits per heavy atom. The van der Waals surface area contributed by atoms with Crippen LogP contribution in [0.15, 0.2) is 35.4 Å². The van der Waals surface area contributed by atoms with Crippen LogP contribution in [0.5, 0.6) is 0 Å². The van der Waals surface area contributed by atoms with Crippen molar-refractivity contribution < 1.29 is 18.0 Å². The van der Waals surface area contributed by atoms with Crippen molar-refractivity contribution in [1.82, 2.24) is 14.2 Å². The normalized spacial score (nSPS) is 20.1. The fraction of sp³-hybridized carbons (Fsp3) is 0.350. The molecule has 0 spiro atoms. The van der Waals surface area contributed by atoms with Gasteiger partial charge in [0.15, 0.2) is 0 Å². The first kappa shape index (κ1) is 18.8. The number of carbonyl (C=O) groups excluding carboxylic acids is 2. The van der Waals surface area contributed by atoms with Crippen molar-refractivity contribution in [2.75, 3.05) is 13.1 Å². The maximum Gasteiger partial charge on any atom is 0.280 e. The average molecular weight is 399 g/mol. The lowest BCUT2D eigenvalue weighted by Gasteiger charge is -2.23. The Morgan fingerprint density at radius 3 is 2.39 bits per heavy atom. The van der Waals surface area contributed by atoms with E-state index >= 15 is 0 Å². The minimum atomic E-state index is -3.71. The van der Waals surface area contributed by atoms with Gasteiger partial charge < -0.3 is 0 Å². The van der Waals surface area contributed by atoms with E-state index in [0.29, 0.717) is 22.4 Å². The molecule has 1 fully saturated rings. The predicted molar refractivity (Wildman–Crippen MR) is 103 cm³/mol. The van der Waals surface area contributed by atoms with E-state index in [-0.39, 0.29) is 24.3 Å². The number of carbonyl (C=O) groups is 2. The molecule has 0 bridgehead atoms. The Balaban J connectivity index is 1.62. The number of nitrogens with zero attached hydrogens (tertiary/aromatic N) is 3. The molecule has 0 saturated carbocycles. The van der Waals surface area contributed by atoms with Crippen LogP contribution >= 0.6 is 0 Å². The fourth-order valence-corrected chi connectivity index (χ4v) is 6.16. The molecular weight excluding hydrogens is 378 g/mol. The number of amides is 2. The first-order valence-corrected chi connectivity index (χ1v) is 10.6. The molecule has 2 aliphatic heterocycles. The van der Waals surface area contributed by atoms with Gasteiger partial charge in [-0.3, -0.25) is 19.5 Å². The number of pyridine rings is 1. The maximum atomic E-state index is 13.3. The summed E-state index contributed by atoms with van der Waals surface area (Å²) < 4.78 is 27.9. The molecule has 4 rings (SSSR count). The topological polar surface area (TPSA) is 87.7 Å². The molecule has 1 saturated heterocycles. The summed E-state index contributed by atoms with van der Waals surface area (Å²) >= 11 is 0. The van der Waals surface area contributed by atoms with E-state index in [0.717, 1.165) is 5.56 Å². The molecule has 2 aliphatic rings. The van der Waals surface area contributed by atoms with Crippen LogP contribution in [-0.4, -0.2) is 53.6 Å². The Labute approximate surface area is 164 Å². The summed E-state index contributed by atoms with van der Waals surface area (Å²) in [4.78, 5) is 30.8. The number of hydrogen-bond acceptors (Lipinski definition) is 5. The lowest BCUT2D eigenvalue weighted by Crippen LogP contribution is -2.42. The molecule has 7 nitrogen and oxygen atoms in total. The maximum absolute atomic E-state index is 13.3. The lowest BCUT2D eigenvalue weighted by atomic mass is 10.1. The van der Waals surface area contributed by atoms with Crippen LogP contribution < -0.4 is 0 Å². The third kappa shape index (κ3) is 2.75. The average Bonchev–Trinajstić information content (AvgIpc) is 3.19. The molecule has 2 amide bonds. The minimum absolute atomic E-state index is 0.0978. The van der Waals surface area contributed by atoms with Crippen LogP contribution in [0.1, 0.15) is 44.0 Å². The van der Waals surface area contributed by atoms with Crippen LogP contribution in [0.3, 0.4) is 0 Å². The molecule has 0 radical (unpaired) electrons. The van der Waals surface area contributed by atoms with E-state index in [9.17, 15) is 18.0 Å². The highest BCUT2D eigenvalue weighted by Gasteiger charge is 2.45. The van der Waals surface area contributed by atoms with Gasteiger partial charge >= 0.3 is 0 Å². The van der Waals surface area contributed by atoms with Gasteiger partial charge in [-0.2, -0.15) is 4.31 Å². The zero-order chi connectivity index (χ0) is 20.2. The molecule has 1 atom stereocenters. The zero-order valence-electron chi connectivity index (χ0n) is 16.0. The molecule has 2 aromatic rings. The standard InChI is InChI=1S/C20H21N3O4S/c1-12-9-13(2)18(14(3)10-12)28(26,27)22-8-6-15(11-22)23-19(24)16-5-4-7-21-17(16)20(23)25/h4-5,7,9-10,15H,6,8,11H2,1-3H3. The smallest absolute Gasteiger partial charge is 0.268 e. The van der Waals surface area contributed by atoms with Gasteiger partial charge in [-0.25, -0.2) is 8.42 Å². The van der Waals surface area contributed by atoms with E-state index in [1.165, 1.54) is 15.4 Å². The summed E-state index contributed by atoms with van der Waals surface area (Å²) in [5.74, 6) is -0.854. The van der Waals surface area contributed by atoms with Crippen LogP contribution in [0.2, 0.25) is 0 Å². The second-order valence-corrected chi connectivity index (χ2v) is 9.29. The molecule has 3 heterocycles. The Hall–Kier alpha value is -2.58. The van der Waals surface area contributed by atoms with Crippen LogP contribution in [0.25, 0.3) is 0 Å². The summed E-state index contributed by atoms with van der Waals surface area (Å²) in [6, 6.07) is 6.40. The molecule has 1 unspecified atom stereocenters. The van der Waals surface area contributed by atoms with Gasteiger partial charge in [-0.05, 0) is 50.5 Å². The van der Waals surface area contributed by atoms with Crippen molar-refractivity contribution in [3.05, 3.63) is 58.4 Å². The zero-order valence-corrected chi connectivity index (χ0v) is 16.8. The number of rotatable bonds is 3. The van der Waals surface area contributed by atoms with Crippen molar-refractivity contribution in [3.8, 4) is 0 Å². The van der Waals surface area contributed by atoms with Gasteiger partial charge in [0.1, 0.15) is 5.69 Å². The first-order chi connectivity index (χ1) is 13.2. The number of aromatic nitrogens is 1. The van der Waals surface area contributed by atoms with Gasteiger partial charge in [0.25, 0.3) is 11.8 Å². The molecule has 0 aliphatic carbocycles. The van der Waals surface area contributed by atoms with Crippen molar-refractivity contribution in [3.63, 3.8) is 0 Å². The summed E-state index contributed by atoms with van der Waals surface area (Å²) in [5.41, 5.74) is 2.82. The second kappa shape index (κ2) is 6.49. The highest BCUT2D eigenvalue weighted by molar-refractivity contribution is 7.89. The van der Waals surface area contributed by atoms with E-state index in [1.807, 2.05) is 19.1 Å². The van der Waals surface area contributed by atoms with Gasteiger partial charge in [-0.15, -0.1) is 0 Å². The summed E-state index contributed by atoms with van der Waals surface area (Å²) in [6.45, 7) is 5.87. The fourth-order valence-electron chi connectivity index (χ4n) is 4.26. The highest BCUT2D eigenvalue weighted by Crippen LogP contribution is 2.31. The monoisotopic (exact) mass is 399 g/mol. The van der Waals surface area contributed by atoms with Crippen molar-refractivity contribution in [2.24, 2.45) is 0 Å². The van der Waals surface area contributed by atoms with Gasteiger partial charge in [0.2, 0.25) is 10.0 Å². The van der Waals surface area contributed by atoms with E-state index in [2.05, 4.69) is 4.98 Å². The summed E-state index contributed by atoms with van der Waals surface area (Å²) in [7, 11) is -3.71. The van der Waals surface area contributed by atoms with Crippen LogP contribution in [-0.2, 0) is 10.0 Å². The van der Waals surface area contributed by atoms with E-state index < -0.39 is 27.9 Å². The SMILES string of the molecule is Cc1cc(C)c(S(=O)(=O)N2CCC(N3C(=O)c4cccnc4C3=O)C2)c(C)c1. The molecule has 1 aromatic carbocycles. The second-order valence-electron chi connectivity index (χ2n) is 7.41. The number of sulfonamides is 1. The lowest BCUT2D eigenvalue weighted by molar-refractivity contribution is 0.0591. The quantitative estimate of drug-likeness (QED) is 0.738. The minimum Gasteiger partial charge on any atom is -0.268 e. The van der Waals surface area contributed by atoms with Gasteiger partial charge in [-0.1, -0.05) is 17.7 Å². The molecule has 8 heteroatoms. The third-order valence-electron chi connectivity index (χ3n) is 5.37. The van der Waals surface area contributed by atoms with Crippen LogP contribution in [0.4, 0.5) is 0 Å². The van der Waals surface area contributed by atoms with E-state index in [4.69, 9.17) is 0 Å². The Morgan fingerprint density at radius 2 is 1.75 bits per heavy atom. The first-order valence-electron chi connectivity index (χ1n) is 9.12. The van der Waals surface area contributed by atoms with Crippen molar-refractivity contribution in [2.45, 2.75) is 38.1 Å². The van der Waals surface area contributed by atoms with Crippen LogP contribution in [0, 0.1) is 20.8 Å². The highest BCUT2D eigenvalue weighted by atomic mass is 32.2. The summed E-state index contributed by atoms with van der Waals surface area (Å²) in [6.07, 6.45) is 1.89. The molecule has 28 heavy (non-hydrogen) atoms. The third-order valence-corrected chi connectivity index (χ3v) is 7.54. The van der Waals surface area contributed by atoms with E-state index in [1.54, 1.807) is 26.0 Å². The molecule has 1 aromatic heterocycles. The van der Waals surface area contributed by atoms with Crippen molar-refractivity contribution >= 4 is 21.8 Å². The number of fused-ring (bicyclic) bond motifs is 1. The Kier molecular flexibility index (Phi) is 4.35. The molecule has 146 valence electrons.